The van der Waals surface area contributed by atoms with Crippen molar-refractivity contribution in [3.8, 4) is 5.88 Å². The number of aliphatic imine (C=N–C) groups is 1. The third-order valence-corrected chi connectivity index (χ3v) is 4.48. The first kappa shape index (κ1) is 17.4. The number of rotatable bonds is 7. The number of pyridine rings is 1. The highest BCUT2D eigenvalue weighted by atomic mass is 16.5. The Labute approximate surface area is 148 Å². The summed E-state index contributed by atoms with van der Waals surface area (Å²) < 4.78 is 5.86. The molecule has 0 bridgehead atoms. The second kappa shape index (κ2) is 8.07. The van der Waals surface area contributed by atoms with Gasteiger partial charge < -0.3 is 20.4 Å². The van der Waals surface area contributed by atoms with E-state index in [-0.39, 0.29) is 6.10 Å². The zero-order valence-corrected chi connectivity index (χ0v) is 14.6. The number of hydrogen-bond donors (Lipinski definition) is 2. The molecule has 0 spiro atoms. The Bertz CT molecular complexity index is 693. The van der Waals surface area contributed by atoms with Crippen molar-refractivity contribution in [2.45, 2.75) is 31.4 Å². The molecule has 0 amide bonds. The van der Waals surface area contributed by atoms with Crippen LogP contribution in [0.5, 0.6) is 5.88 Å². The van der Waals surface area contributed by atoms with Gasteiger partial charge in [0, 0.05) is 48.9 Å². The number of amidine groups is 1. The Kier molecular flexibility index (Phi) is 5.60. The molecule has 6 nitrogen and oxygen atoms in total. The van der Waals surface area contributed by atoms with Crippen LogP contribution in [0.15, 0.2) is 42.2 Å². The normalized spacial score (nSPS) is 21.3. The van der Waals surface area contributed by atoms with Crippen molar-refractivity contribution in [2.24, 2.45) is 4.99 Å². The highest BCUT2D eigenvalue weighted by Crippen LogP contribution is 2.30. The molecule has 3 rings (SSSR count). The SMILES string of the molecule is C=CC(=NC=C(C=N)c1cccnc1OC1CC1)N1CC[C@@H](NC)C1. The fourth-order valence-corrected chi connectivity index (χ4v) is 2.84. The quantitative estimate of drug-likeness (QED) is 0.591. The molecule has 0 radical (unpaired) electrons. The number of allylic oxidation sites excluding steroid dienone is 1. The maximum Gasteiger partial charge on any atom is 0.221 e. The number of likely N-dealkylation sites (N-methyl/N-ethyl adjacent to an activating group) is 1. The lowest BCUT2D eigenvalue weighted by Gasteiger charge is -2.17. The van der Waals surface area contributed by atoms with Crippen molar-refractivity contribution in [1.29, 1.82) is 5.41 Å². The summed E-state index contributed by atoms with van der Waals surface area (Å²) in [6.07, 6.45) is 9.96. The minimum absolute atomic E-state index is 0.260. The Morgan fingerprint density at radius 3 is 2.96 bits per heavy atom. The fraction of sp³-hybridized carbons (Fsp3) is 0.421. The van der Waals surface area contributed by atoms with Gasteiger partial charge in [-0.1, -0.05) is 6.58 Å². The molecule has 1 aliphatic carbocycles. The predicted molar refractivity (Wildman–Crippen MR) is 101 cm³/mol. The lowest BCUT2D eigenvalue weighted by atomic mass is 10.1. The molecule has 1 aliphatic heterocycles. The lowest BCUT2D eigenvalue weighted by molar-refractivity contribution is 0.290. The second-order valence-electron chi connectivity index (χ2n) is 6.31. The van der Waals surface area contributed by atoms with E-state index in [1.165, 1.54) is 6.21 Å². The summed E-state index contributed by atoms with van der Waals surface area (Å²) in [4.78, 5) is 11.1. The molecule has 1 saturated carbocycles. The van der Waals surface area contributed by atoms with Crippen molar-refractivity contribution < 1.29 is 4.74 Å². The van der Waals surface area contributed by atoms with Crippen molar-refractivity contribution in [1.82, 2.24) is 15.2 Å². The lowest BCUT2D eigenvalue weighted by Crippen LogP contribution is -2.32. The third kappa shape index (κ3) is 4.33. The Morgan fingerprint density at radius 1 is 1.48 bits per heavy atom. The van der Waals surface area contributed by atoms with Crippen LogP contribution in [0.2, 0.25) is 0 Å². The highest BCUT2D eigenvalue weighted by Gasteiger charge is 2.25. The van der Waals surface area contributed by atoms with Crippen LogP contribution in [0.4, 0.5) is 0 Å². The minimum atomic E-state index is 0.260. The topological polar surface area (TPSA) is 73.6 Å². The number of hydrogen-bond acceptors (Lipinski definition) is 5. The number of nitrogens with zero attached hydrogens (tertiary/aromatic N) is 3. The van der Waals surface area contributed by atoms with Gasteiger partial charge in [0.1, 0.15) is 11.9 Å². The zero-order chi connectivity index (χ0) is 17.6. The molecule has 0 aromatic carbocycles. The van der Waals surface area contributed by atoms with Gasteiger partial charge in [-0.05, 0) is 44.5 Å². The number of nitrogens with one attached hydrogen (secondary N) is 2. The zero-order valence-electron chi connectivity index (χ0n) is 14.6. The van der Waals surface area contributed by atoms with Crippen LogP contribution in [-0.4, -0.2) is 54.2 Å². The van der Waals surface area contributed by atoms with Crippen molar-refractivity contribution >= 4 is 17.6 Å². The Morgan fingerprint density at radius 2 is 2.32 bits per heavy atom. The molecule has 2 fully saturated rings. The summed E-state index contributed by atoms with van der Waals surface area (Å²) in [6, 6.07) is 4.24. The molecule has 2 N–H and O–H groups in total. The van der Waals surface area contributed by atoms with Crippen LogP contribution in [0.1, 0.15) is 24.8 Å². The number of likely N-dealkylation sites (tertiary alicyclic amines) is 1. The van der Waals surface area contributed by atoms with Crippen LogP contribution >= 0.6 is 0 Å². The highest BCUT2D eigenvalue weighted by molar-refractivity contribution is 6.09. The molecular weight excluding hydrogens is 314 g/mol. The van der Waals surface area contributed by atoms with E-state index in [1.807, 2.05) is 19.2 Å². The molecule has 1 saturated heterocycles. The minimum Gasteiger partial charge on any atom is -0.474 e. The van der Waals surface area contributed by atoms with E-state index in [1.54, 1.807) is 18.5 Å². The maximum absolute atomic E-state index is 7.77. The van der Waals surface area contributed by atoms with Crippen LogP contribution in [0, 0.1) is 5.41 Å². The van der Waals surface area contributed by atoms with Crippen molar-refractivity contribution in [2.75, 3.05) is 20.1 Å². The van der Waals surface area contributed by atoms with Crippen molar-refractivity contribution in [3.05, 3.63) is 42.7 Å². The van der Waals surface area contributed by atoms with Gasteiger partial charge >= 0.3 is 0 Å². The van der Waals surface area contributed by atoms with E-state index in [9.17, 15) is 0 Å². The summed E-state index contributed by atoms with van der Waals surface area (Å²) in [5, 5.41) is 11.1. The number of ether oxygens (including phenoxy) is 1. The molecule has 1 atom stereocenters. The average molecular weight is 339 g/mol. The van der Waals surface area contributed by atoms with E-state index in [0.717, 1.165) is 43.8 Å². The largest absolute Gasteiger partial charge is 0.474 e. The van der Waals surface area contributed by atoms with Crippen LogP contribution in [0.25, 0.3) is 5.57 Å². The maximum atomic E-state index is 7.77. The van der Waals surface area contributed by atoms with E-state index in [2.05, 4.69) is 26.8 Å². The van der Waals surface area contributed by atoms with E-state index in [0.29, 0.717) is 17.5 Å². The van der Waals surface area contributed by atoms with Crippen LogP contribution in [-0.2, 0) is 0 Å². The molecule has 0 unspecified atom stereocenters. The molecule has 2 heterocycles. The van der Waals surface area contributed by atoms with Crippen molar-refractivity contribution in [3.63, 3.8) is 0 Å². The monoisotopic (exact) mass is 339 g/mol. The molecule has 2 aliphatic rings. The summed E-state index contributed by atoms with van der Waals surface area (Å²) in [5.74, 6) is 1.40. The fourth-order valence-electron chi connectivity index (χ4n) is 2.84. The second-order valence-corrected chi connectivity index (χ2v) is 6.31. The van der Waals surface area contributed by atoms with Crippen LogP contribution < -0.4 is 10.1 Å². The van der Waals surface area contributed by atoms with Gasteiger partial charge in [-0.3, -0.25) is 0 Å². The van der Waals surface area contributed by atoms with E-state index in [4.69, 9.17) is 10.1 Å². The van der Waals surface area contributed by atoms with Gasteiger partial charge in [0.15, 0.2) is 0 Å². The van der Waals surface area contributed by atoms with E-state index < -0.39 is 0 Å². The van der Waals surface area contributed by atoms with E-state index >= 15 is 0 Å². The summed E-state index contributed by atoms with van der Waals surface area (Å²) >= 11 is 0. The standard InChI is InChI=1S/C19H25N5O/c1-3-18(24-10-8-15(13-24)21-2)23-12-14(11-20)17-5-4-9-22-19(17)25-16-6-7-16/h3-5,9,11-12,15-16,20-21H,1,6-8,10,13H2,2H3/t15-/m1/s1. The molecular formula is C19H25N5O. The first-order chi connectivity index (χ1) is 12.2. The first-order valence-corrected chi connectivity index (χ1v) is 8.70. The summed E-state index contributed by atoms with van der Waals surface area (Å²) in [7, 11) is 1.98. The van der Waals surface area contributed by atoms with Gasteiger partial charge in [-0.25, -0.2) is 9.98 Å². The third-order valence-electron chi connectivity index (χ3n) is 4.48. The molecule has 25 heavy (non-hydrogen) atoms. The number of aromatic nitrogens is 1. The Balaban J connectivity index is 1.82. The van der Waals surface area contributed by atoms with Crippen LogP contribution in [0.3, 0.4) is 0 Å². The first-order valence-electron chi connectivity index (χ1n) is 8.70. The van der Waals surface area contributed by atoms with Gasteiger partial charge in [0.05, 0.1) is 0 Å². The van der Waals surface area contributed by atoms with Gasteiger partial charge in [-0.2, -0.15) is 0 Å². The molecule has 1 aromatic heterocycles. The predicted octanol–water partition coefficient (Wildman–Crippen LogP) is 2.49. The molecule has 1 aromatic rings. The van der Waals surface area contributed by atoms with Gasteiger partial charge in [0.25, 0.3) is 0 Å². The van der Waals surface area contributed by atoms with Gasteiger partial charge in [-0.15, -0.1) is 0 Å². The average Bonchev–Trinajstić information content (AvgIpc) is 3.33. The summed E-state index contributed by atoms with van der Waals surface area (Å²) in [5.41, 5.74) is 1.47. The summed E-state index contributed by atoms with van der Waals surface area (Å²) in [6.45, 7) is 5.75. The smallest absolute Gasteiger partial charge is 0.221 e. The molecule has 6 heteroatoms. The molecule has 132 valence electrons. The Hall–Kier alpha value is -2.47. The van der Waals surface area contributed by atoms with Gasteiger partial charge in [0.2, 0.25) is 5.88 Å².